The third-order valence-corrected chi connectivity index (χ3v) is 16.7. The van der Waals surface area contributed by atoms with Crippen LogP contribution in [-0.4, -0.2) is 13.1 Å². The number of rotatable bonds is 9. The van der Waals surface area contributed by atoms with E-state index in [2.05, 4.69) is 224 Å². The fraction of sp³-hybridized carbons (Fsp3) is 0.246. The van der Waals surface area contributed by atoms with Gasteiger partial charge in [0.05, 0.1) is 37.4 Å². The maximum Gasteiger partial charge on any atom is 0.141 e. The summed E-state index contributed by atoms with van der Waals surface area (Å²) >= 11 is 0. The van der Waals surface area contributed by atoms with Crippen LogP contribution in [0, 0.1) is 47.7 Å². The molecule has 0 bridgehead atoms. The third-order valence-electron chi connectivity index (χ3n) is 14.7. The number of benzene rings is 5. The van der Waals surface area contributed by atoms with E-state index in [-0.39, 0.29) is 20.1 Å². The quantitative estimate of drug-likeness (QED) is 0.0820. The van der Waals surface area contributed by atoms with Crippen molar-refractivity contribution >= 4 is 35.2 Å². The summed E-state index contributed by atoms with van der Waals surface area (Å²) in [5, 5.41) is 3.72. The average Bonchev–Trinajstić information content (AvgIpc) is 3.72. The van der Waals surface area contributed by atoms with Gasteiger partial charge in [0, 0.05) is 61.9 Å². The monoisotopic (exact) mass is 1130 g/mol. The van der Waals surface area contributed by atoms with Crippen molar-refractivity contribution in [2.75, 3.05) is 0 Å². The third kappa shape index (κ3) is 10.7. The van der Waals surface area contributed by atoms with Gasteiger partial charge in [-0.2, -0.15) is 37.1 Å². The fourth-order valence-electron chi connectivity index (χ4n) is 10.6. The molecule has 1 aliphatic carbocycles. The molecular weight excluding hydrogens is 1060 g/mol. The summed E-state index contributed by atoms with van der Waals surface area (Å²) in [6.07, 6.45) is 10.9. The number of hydrogen-bond acceptors (Lipinski definition) is 2. The number of nitrogens with zero attached hydrogens (tertiary/aromatic N) is 3. The summed E-state index contributed by atoms with van der Waals surface area (Å²) in [4.78, 5) is 4.50. The van der Waals surface area contributed by atoms with Gasteiger partial charge in [-0.1, -0.05) is 167 Å². The zero-order chi connectivity index (χ0) is 49.4. The Morgan fingerprint density at radius 3 is 1.87 bits per heavy atom. The number of aromatic nitrogens is 3. The van der Waals surface area contributed by atoms with Gasteiger partial charge in [-0.05, 0) is 96.1 Å². The number of pyridine rings is 3. The molecule has 10 rings (SSSR count). The molecular formula is C65H69IrN3OSi-2. The Morgan fingerprint density at radius 1 is 0.592 bits per heavy atom. The molecule has 1 atom stereocenters. The second-order valence-electron chi connectivity index (χ2n) is 21.2. The van der Waals surface area contributed by atoms with Crippen LogP contribution < -0.4 is 14.3 Å². The second-order valence-corrected chi connectivity index (χ2v) is 26.2. The molecule has 4 aromatic heterocycles. The van der Waals surface area contributed by atoms with Crippen molar-refractivity contribution in [3.8, 4) is 55.9 Å². The zero-order valence-electron chi connectivity index (χ0n) is 43.0. The number of furan rings is 1. The summed E-state index contributed by atoms with van der Waals surface area (Å²) in [6, 6.07) is 47.7. The van der Waals surface area contributed by atoms with E-state index in [1.54, 1.807) is 0 Å². The van der Waals surface area contributed by atoms with Gasteiger partial charge in [-0.15, -0.1) is 17.7 Å². The van der Waals surface area contributed by atoms with Crippen molar-refractivity contribution in [1.29, 1.82) is 0 Å². The Kier molecular flexibility index (Phi) is 15.2. The molecule has 4 heterocycles. The molecule has 6 heteroatoms. The minimum Gasteiger partial charge on any atom is -0.469 e. The first-order valence-corrected chi connectivity index (χ1v) is 28.7. The van der Waals surface area contributed by atoms with Gasteiger partial charge in [-0.3, -0.25) is 4.98 Å². The van der Waals surface area contributed by atoms with E-state index in [1.807, 2.05) is 18.4 Å². The van der Waals surface area contributed by atoms with Crippen molar-refractivity contribution in [3.05, 3.63) is 207 Å². The molecule has 71 heavy (non-hydrogen) atoms. The molecule has 0 N–H and O–H groups in total. The van der Waals surface area contributed by atoms with Crippen LogP contribution in [-0.2, 0) is 20.1 Å². The van der Waals surface area contributed by atoms with Crippen molar-refractivity contribution in [2.45, 2.75) is 98.2 Å². The summed E-state index contributed by atoms with van der Waals surface area (Å²) in [6.45, 7) is 27.1. The number of hydrogen-bond donors (Lipinski definition) is 0. The van der Waals surface area contributed by atoms with Gasteiger partial charge < -0.3 is 13.6 Å². The van der Waals surface area contributed by atoms with Crippen LogP contribution >= 0.6 is 0 Å². The summed E-state index contributed by atoms with van der Waals surface area (Å²) in [5.41, 5.74) is 20.0. The summed E-state index contributed by atoms with van der Waals surface area (Å²) in [5.74, 6) is 1.69. The Labute approximate surface area is 438 Å². The predicted molar refractivity (Wildman–Crippen MR) is 297 cm³/mol. The largest absolute Gasteiger partial charge is 0.469 e. The van der Waals surface area contributed by atoms with Gasteiger partial charge in [0.15, 0.2) is 0 Å². The van der Waals surface area contributed by atoms with Crippen LogP contribution in [0.15, 0.2) is 150 Å². The second kappa shape index (κ2) is 21.2. The van der Waals surface area contributed by atoms with E-state index in [4.69, 9.17) is 4.42 Å². The molecule has 1 radical (unpaired) electrons. The van der Waals surface area contributed by atoms with Gasteiger partial charge in [0.2, 0.25) is 0 Å². The van der Waals surface area contributed by atoms with E-state index < -0.39 is 8.07 Å². The van der Waals surface area contributed by atoms with Crippen molar-refractivity contribution < 1.29 is 33.7 Å². The zero-order valence-corrected chi connectivity index (χ0v) is 46.4. The summed E-state index contributed by atoms with van der Waals surface area (Å²) in [7, 11) is 7.21. The van der Waals surface area contributed by atoms with Crippen LogP contribution in [0.25, 0.3) is 77.8 Å². The first kappa shape index (κ1) is 51.1. The Bertz CT molecular complexity index is 3320. The molecule has 0 saturated heterocycles. The molecule has 1 fully saturated rings. The molecule has 1 saturated carbocycles. The maximum absolute atomic E-state index is 6.85. The van der Waals surface area contributed by atoms with Crippen molar-refractivity contribution in [3.63, 3.8) is 0 Å². The first-order chi connectivity index (χ1) is 33.5. The normalized spacial score (nSPS) is 13.5. The minimum atomic E-state index is -1.50. The Morgan fingerprint density at radius 2 is 1.24 bits per heavy atom. The maximum atomic E-state index is 6.85. The van der Waals surface area contributed by atoms with Crippen LogP contribution in [0.1, 0.15) is 98.4 Å². The molecule has 5 aromatic carbocycles. The van der Waals surface area contributed by atoms with Gasteiger partial charge in [0.1, 0.15) is 5.58 Å². The molecule has 0 amide bonds. The van der Waals surface area contributed by atoms with Crippen molar-refractivity contribution in [2.24, 2.45) is 5.92 Å². The number of fused-ring (bicyclic) bond motifs is 3. The van der Waals surface area contributed by atoms with Crippen LogP contribution in [0.5, 0.6) is 0 Å². The molecule has 365 valence electrons. The minimum absolute atomic E-state index is 0. The van der Waals surface area contributed by atoms with Crippen LogP contribution in [0.2, 0.25) is 19.6 Å². The van der Waals surface area contributed by atoms with Gasteiger partial charge >= 0.3 is 0 Å². The fourth-order valence-corrected chi connectivity index (χ4v) is 12.3. The van der Waals surface area contributed by atoms with Gasteiger partial charge in [-0.25, -0.2) is 0 Å². The molecule has 1 unspecified atom stereocenters. The molecule has 0 aliphatic heterocycles. The van der Waals surface area contributed by atoms with E-state index >= 15 is 0 Å². The molecule has 0 spiro atoms. The Balaban J connectivity index is 0.000000193. The topological polar surface area (TPSA) is 33.8 Å². The number of aryl methyl sites for hydroxylation is 2. The molecule has 1 aliphatic rings. The van der Waals surface area contributed by atoms with Crippen LogP contribution in [0.3, 0.4) is 0 Å². The standard InChI is InChI=1S/C37H32NO.C28H37N2Si.Ir/c1-25-18-19-31-33-23-30(27-14-8-4-9-15-27)22-32(28-16-10-5-11-17-28)36(33)39-37(31)35(25)34-24-29(20-21-38(34)2)26-12-6-3-7-13-26;1-18(2)22(6)26-16-27(30(7)17-28(26)31(8,9)10)25-12-11-23(13-19(25)3)24-14-20(4)29-21(5)15-24;/h4-5,8-11,14-24,26H,1-3,6-7,12-13H2;11-18,22H,3,7H2,1-2,4-6,8-10H3;/q2*-1;. The van der Waals surface area contributed by atoms with E-state index in [0.29, 0.717) is 17.8 Å². The van der Waals surface area contributed by atoms with Crippen molar-refractivity contribution in [1.82, 2.24) is 4.98 Å². The first-order valence-electron chi connectivity index (χ1n) is 25.2. The summed E-state index contributed by atoms with van der Waals surface area (Å²) < 4.78 is 10.9. The average molecular weight is 1130 g/mol. The molecule has 9 aromatic rings. The van der Waals surface area contributed by atoms with Crippen LogP contribution in [0.4, 0.5) is 0 Å². The Hall–Kier alpha value is -6.30. The van der Waals surface area contributed by atoms with E-state index in [9.17, 15) is 0 Å². The van der Waals surface area contributed by atoms with E-state index in [1.165, 1.54) is 70.7 Å². The van der Waals surface area contributed by atoms with E-state index in [0.717, 1.165) is 78.1 Å². The SMILES string of the molecule is [CH2-]c1cc(-c2cc(C)nc(C)c2)ccc1-c1cc(C(C)C(C)C)c([Si](C)(C)C)c[n+]1[CH2-].[CH2-]c1ccc2c(oc3c(-c4ccccc4)cc(-c4ccccc4)cc32)c1-c1cc(C2CCCCC2)cc[n+]1[CH2-].[Ir]. The smallest absolute Gasteiger partial charge is 0.141 e. The predicted octanol–water partition coefficient (Wildman–Crippen LogP) is 16.2. The molecule has 4 nitrogen and oxygen atoms in total. The van der Waals surface area contributed by atoms with Gasteiger partial charge in [0.25, 0.3) is 0 Å².